The number of piperidine rings is 1. The minimum atomic E-state index is -0.654. The number of halogens is 1. The molecule has 0 aliphatic carbocycles. The van der Waals surface area contributed by atoms with Crippen molar-refractivity contribution >= 4 is 29.3 Å². The summed E-state index contributed by atoms with van der Waals surface area (Å²) in [5.41, 5.74) is 7.50. The number of carbonyl (C=O) groups excluding carboxylic acids is 3. The van der Waals surface area contributed by atoms with Crippen LogP contribution >= 0.6 is 0 Å². The number of nitrogens with two attached hydrogens (primary N) is 1. The number of amides is 2. The number of hydrogen-bond donors (Lipinski definition) is 2. The van der Waals surface area contributed by atoms with Crippen LogP contribution in [-0.2, 0) is 9.47 Å². The van der Waals surface area contributed by atoms with Gasteiger partial charge in [-0.15, -0.1) is 0 Å². The second-order valence-corrected chi connectivity index (χ2v) is 10.3. The summed E-state index contributed by atoms with van der Waals surface area (Å²) in [4.78, 5) is 39.4. The molecule has 1 aliphatic rings. The van der Waals surface area contributed by atoms with Crippen molar-refractivity contribution in [3.63, 3.8) is 0 Å². The lowest BCUT2D eigenvalue weighted by atomic mass is 9.92. The maximum Gasteiger partial charge on any atom is 0.410 e. The highest BCUT2D eigenvalue weighted by Crippen LogP contribution is 2.34. The molecule has 2 heterocycles. The fourth-order valence-corrected chi connectivity index (χ4v) is 4.40. The van der Waals surface area contributed by atoms with E-state index in [0.717, 1.165) is 0 Å². The molecular formula is C28H32FN5O5. The molecule has 3 N–H and O–H groups in total. The number of ether oxygens (including phenoxy) is 2. The van der Waals surface area contributed by atoms with E-state index in [0.29, 0.717) is 37.3 Å². The average molecular weight is 538 g/mol. The lowest BCUT2D eigenvalue weighted by Gasteiger charge is -2.33. The van der Waals surface area contributed by atoms with E-state index in [1.54, 1.807) is 35.2 Å². The maximum absolute atomic E-state index is 13.9. The van der Waals surface area contributed by atoms with Crippen molar-refractivity contribution in [2.75, 3.05) is 31.2 Å². The predicted molar refractivity (Wildman–Crippen MR) is 143 cm³/mol. The van der Waals surface area contributed by atoms with Gasteiger partial charge in [0, 0.05) is 24.6 Å². The number of rotatable bonds is 5. The molecule has 1 aliphatic heterocycles. The maximum atomic E-state index is 13.9. The summed E-state index contributed by atoms with van der Waals surface area (Å²) in [5.74, 6) is -1.77. The van der Waals surface area contributed by atoms with Gasteiger partial charge in [0.25, 0.3) is 5.91 Å². The first-order chi connectivity index (χ1) is 18.5. The van der Waals surface area contributed by atoms with Crippen LogP contribution in [0.2, 0.25) is 0 Å². The van der Waals surface area contributed by atoms with Gasteiger partial charge in [-0.05, 0) is 70.0 Å². The molecular weight excluding hydrogens is 505 g/mol. The SMILES string of the molecule is COC(=O)c1c(N)c(C2CCN(C(=O)OC(C)(C)C)CC2)nn1-c1ccc(C(=O)Nc2ccccc2F)cc1. The Kier molecular flexibility index (Phi) is 7.89. The molecule has 0 radical (unpaired) electrons. The van der Waals surface area contributed by atoms with Crippen LogP contribution in [0.25, 0.3) is 5.69 Å². The second kappa shape index (κ2) is 11.1. The molecule has 10 nitrogen and oxygen atoms in total. The van der Waals surface area contributed by atoms with Crippen molar-refractivity contribution in [2.45, 2.75) is 45.1 Å². The van der Waals surface area contributed by atoms with Gasteiger partial charge in [0.2, 0.25) is 0 Å². The average Bonchev–Trinajstić information content (AvgIpc) is 3.25. The van der Waals surface area contributed by atoms with Gasteiger partial charge in [-0.1, -0.05) is 12.1 Å². The Morgan fingerprint density at radius 2 is 1.69 bits per heavy atom. The molecule has 3 aromatic rings. The van der Waals surface area contributed by atoms with Crippen molar-refractivity contribution in [2.24, 2.45) is 0 Å². The fourth-order valence-electron chi connectivity index (χ4n) is 4.40. The molecule has 0 spiro atoms. The molecule has 0 unspecified atom stereocenters. The first-order valence-electron chi connectivity index (χ1n) is 12.6. The number of carbonyl (C=O) groups is 3. The third-order valence-corrected chi connectivity index (χ3v) is 6.36. The number of para-hydroxylation sites is 1. The molecule has 206 valence electrons. The number of esters is 1. The first-order valence-corrected chi connectivity index (χ1v) is 12.6. The van der Waals surface area contributed by atoms with Crippen molar-refractivity contribution in [3.8, 4) is 5.69 Å². The summed E-state index contributed by atoms with van der Waals surface area (Å²) in [7, 11) is 1.26. The van der Waals surface area contributed by atoms with Crippen LogP contribution < -0.4 is 11.1 Å². The summed E-state index contributed by atoms with van der Waals surface area (Å²) in [6.07, 6.45) is 0.820. The van der Waals surface area contributed by atoms with Gasteiger partial charge in [0.1, 0.15) is 11.4 Å². The number of nitrogens with one attached hydrogen (secondary N) is 1. The lowest BCUT2D eigenvalue weighted by Crippen LogP contribution is -2.41. The molecule has 0 bridgehead atoms. The zero-order chi connectivity index (χ0) is 28.3. The van der Waals surface area contributed by atoms with E-state index < -0.39 is 23.3 Å². The zero-order valence-corrected chi connectivity index (χ0v) is 22.4. The summed E-state index contributed by atoms with van der Waals surface area (Å²) in [5, 5.41) is 7.20. The molecule has 2 aromatic carbocycles. The largest absolute Gasteiger partial charge is 0.464 e. The zero-order valence-electron chi connectivity index (χ0n) is 22.4. The van der Waals surface area contributed by atoms with Crippen LogP contribution in [0.15, 0.2) is 48.5 Å². The van der Waals surface area contributed by atoms with Crippen molar-refractivity contribution in [1.29, 1.82) is 0 Å². The van der Waals surface area contributed by atoms with Crippen LogP contribution in [-0.4, -0.2) is 58.5 Å². The van der Waals surface area contributed by atoms with E-state index in [2.05, 4.69) is 10.4 Å². The van der Waals surface area contributed by atoms with E-state index in [-0.39, 0.29) is 34.6 Å². The molecule has 1 saturated heterocycles. The van der Waals surface area contributed by atoms with E-state index in [4.69, 9.17) is 15.2 Å². The number of nitrogens with zero attached hydrogens (tertiary/aromatic N) is 3. The van der Waals surface area contributed by atoms with Crippen LogP contribution in [0.4, 0.5) is 20.6 Å². The second-order valence-electron chi connectivity index (χ2n) is 10.3. The molecule has 0 saturated carbocycles. The van der Waals surface area contributed by atoms with Crippen molar-refractivity contribution < 1.29 is 28.2 Å². The normalized spacial score (nSPS) is 14.1. The predicted octanol–water partition coefficient (Wildman–Crippen LogP) is 4.75. The van der Waals surface area contributed by atoms with Gasteiger partial charge in [0.15, 0.2) is 5.69 Å². The highest BCUT2D eigenvalue weighted by molar-refractivity contribution is 6.04. The van der Waals surface area contributed by atoms with Gasteiger partial charge >= 0.3 is 12.1 Å². The Morgan fingerprint density at radius 1 is 1.05 bits per heavy atom. The molecule has 11 heteroatoms. The molecule has 1 aromatic heterocycles. The van der Waals surface area contributed by atoms with E-state index in [1.807, 2.05) is 20.8 Å². The van der Waals surface area contributed by atoms with Gasteiger partial charge < -0.3 is 25.4 Å². The highest BCUT2D eigenvalue weighted by Gasteiger charge is 2.32. The number of hydrogen-bond acceptors (Lipinski definition) is 7. The van der Waals surface area contributed by atoms with Crippen LogP contribution in [0, 0.1) is 5.82 Å². The van der Waals surface area contributed by atoms with E-state index in [1.165, 1.54) is 30.0 Å². The minimum absolute atomic E-state index is 0.0711. The smallest absolute Gasteiger partial charge is 0.410 e. The lowest BCUT2D eigenvalue weighted by molar-refractivity contribution is 0.0204. The van der Waals surface area contributed by atoms with Crippen LogP contribution in [0.5, 0.6) is 0 Å². The van der Waals surface area contributed by atoms with Crippen LogP contribution in [0.3, 0.4) is 0 Å². The standard InChI is InChI=1S/C28H32FN5O5/c1-28(2,3)39-27(37)33-15-13-17(14-16-33)23-22(30)24(26(36)38-4)34(32-23)19-11-9-18(10-12-19)25(35)31-21-8-6-5-7-20(21)29/h5-12,17H,13-16,30H2,1-4H3,(H,31,35). The van der Waals surface area contributed by atoms with Gasteiger partial charge in [-0.3, -0.25) is 4.79 Å². The highest BCUT2D eigenvalue weighted by atomic mass is 19.1. The number of aromatic nitrogens is 2. The number of anilines is 2. The fraction of sp³-hybridized carbons (Fsp3) is 0.357. The topological polar surface area (TPSA) is 129 Å². The molecule has 4 rings (SSSR count). The van der Waals surface area contributed by atoms with Crippen molar-refractivity contribution in [3.05, 3.63) is 71.3 Å². The third-order valence-electron chi connectivity index (χ3n) is 6.36. The summed E-state index contributed by atoms with van der Waals surface area (Å²) in [6.45, 7) is 6.39. The quantitative estimate of drug-likeness (QED) is 0.450. The monoisotopic (exact) mass is 537 g/mol. The van der Waals surface area contributed by atoms with E-state index in [9.17, 15) is 18.8 Å². The molecule has 0 atom stereocenters. The molecule has 39 heavy (non-hydrogen) atoms. The van der Waals surface area contributed by atoms with E-state index >= 15 is 0 Å². The number of nitrogen functional groups attached to an aromatic ring is 1. The Labute approximate surface area is 225 Å². The Balaban J connectivity index is 1.55. The Morgan fingerprint density at radius 3 is 2.28 bits per heavy atom. The summed E-state index contributed by atoms with van der Waals surface area (Å²) < 4.78 is 25.7. The molecule has 1 fully saturated rings. The van der Waals surface area contributed by atoms with Gasteiger partial charge in [-0.2, -0.15) is 5.10 Å². The Hall–Kier alpha value is -4.41. The van der Waals surface area contributed by atoms with Crippen LogP contribution in [0.1, 0.15) is 66.1 Å². The van der Waals surface area contributed by atoms with Gasteiger partial charge in [-0.25, -0.2) is 18.7 Å². The first kappa shape index (κ1) is 27.6. The number of likely N-dealkylation sites (tertiary alicyclic amines) is 1. The molecule has 2 amide bonds. The van der Waals surface area contributed by atoms with Gasteiger partial charge in [0.05, 0.1) is 29.9 Å². The minimum Gasteiger partial charge on any atom is -0.464 e. The summed E-state index contributed by atoms with van der Waals surface area (Å²) >= 11 is 0. The summed E-state index contributed by atoms with van der Waals surface area (Å²) in [6, 6.07) is 12.2. The number of methoxy groups -OCH3 is 1. The Bertz CT molecular complexity index is 1370. The third kappa shape index (κ3) is 6.19. The van der Waals surface area contributed by atoms with Crippen molar-refractivity contribution in [1.82, 2.24) is 14.7 Å². The number of benzene rings is 2.